The Kier molecular flexibility index (Phi) is 5.38. The normalized spacial score (nSPS) is 16.2. The first-order chi connectivity index (χ1) is 10.4. The zero-order valence-corrected chi connectivity index (χ0v) is 13.0. The van der Waals surface area contributed by atoms with Crippen molar-refractivity contribution in [3.8, 4) is 0 Å². The van der Waals surface area contributed by atoms with Gasteiger partial charge in [0.1, 0.15) is 5.76 Å². The Morgan fingerprint density at radius 2 is 1.81 bits per heavy atom. The van der Waals surface area contributed by atoms with Crippen molar-refractivity contribution in [3.63, 3.8) is 0 Å². The van der Waals surface area contributed by atoms with Crippen molar-refractivity contribution in [2.24, 2.45) is 0 Å². The van der Waals surface area contributed by atoms with Crippen LogP contribution in [0.4, 0.5) is 0 Å². The molecule has 0 atom stereocenters. The lowest BCUT2D eigenvalue weighted by Crippen LogP contribution is -2.36. The highest BCUT2D eigenvalue weighted by Crippen LogP contribution is 2.29. The summed E-state index contributed by atoms with van der Waals surface area (Å²) in [6.45, 7) is 5.00. The average molecular weight is 303 g/mol. The van der Waals surface area contributed by atoms with Crippen LogP contribution in [0.15, 0.2) is 56.9 Å². The van der Waals surface area contributed by atoms with Crippen LogP contribution in [-0.4, -0.2) is 37.7 Å². The largest absolute Gasteiger partial charge is 0.455 e. The number of aryl methyl sites for hydroxylation is 1. The van der Waals surface area contributed by atoms with E-state index in [1.807, 2.05) is 6.07 Å². The van der Waals surface area contributed by atoms with Crippen LogP contribution < -0.4 is 0 Å². The van der Waals surface area contributed by atoms with Crippen LogP contribution in [0.2, 0.25) is 0 Å². The first kappa shape index (κ1) is 14.7. The number of ether oxygens (including phenoxy) is 1. The maximum Gasteiger partial charge on any atom is 0.165 e. The van der Waals surface area contributed by atoms with Gasteiger partial charge >= 0.3 is 0 Å². The third kappa shape index (κ3) is 4.63. The van der Waals surface area contributed by atoms with Gasteiger partial charge in [-0.2, -0.15) is 0 Å². The van der Waals surface area contributed by atoms with Crippen LogP contribution in [0.1, 0.15) is 12.2 Å². The predicted molar refractivity (Wildman–Crippen MR) is 84.9 cm³/mol. The highest BCUT2D eigenvalue weighted by molar-refractivity contribution is 7.99. The molecule has 0 aliphatic carbocycles. The molecular weight excluding hydrogens is 282 g/mol. The minimum atomic E-state index is 0.874. The molecule has 112 valence electrons. The molecule has 2 aromatic rings. The van der Waals surface area contributed by atoms with Gasteiger partial charge in [-0.3, -0.25) is 4.90 Å². The molecule has 21 heavy (non-hydrogen) atoms. The van der Waals surface area contributed by atoms with Crippen molar-refractivity contribution in [2.75, 3.05) is 32.8 Å². The summed E-state index contributed by atoms with van der Waals surface area (Å²) in [4.78, 5) is 3.68. The summed E-state index contributed by atoms with van der Waals surface area (Å²) in [7, 11) is 0. The fraction of sp³-hybridized carbons (Fsp3) is 0.412. The van der Waals surface area contributed by atoms with Crippen LogP contribution >= 0.6 is 11.8 Å². The van der Waals surface area contributed by atoms with Gasteiger partial charge in [-0.1, -0.05) is 30.0 Å². The fourth-order valence-corrected chi connectivity index (χ4v) is 3.26. The van der Waals surface area contributed by atoms with Gasteiger partial charge in [-0.15, -0.1) is 0 Å². The van der Waals surface area contributed by atoms with Gasteiger partial charge in [0.2, 0.25) is 0 Å². The Hall–Kier alpha value is -1.23. The van der Waals surface area contributed by atoms with E-state index in [2.05, 4.69) is 41.3 Å². The van der Waals surface area contributed by atoms with E-state index in [1.54, 1.807) is 11.8 Å². The quantitative estimate of drug-likeness (QED) is 0.812. The molecule has 0 saturated carbocycles. The maximum atomic E-state index is 5.90. The van der Waals surface area contributed by atoms with E-state index in [9.17, 15) is 0 Å². The Labute approximate surface area is 130 Å². The minimum Gasteiger partial charge on any atom is -0.455 e. The third-order valence-electron chi connectivity index (χ3n) is 3.60. The molecule has 1 aromatic carbocycles. The summed E-state index contributed by atoms with van der Waals surface area (Å²) < 4.78 is 11.3. The Bertz CT molecular complexity index is 535. The molecule has 4 heteroatoms. The number of rotatable bonds is 6. The maximum absolute atomic E-state index is 5.90. The number of benzene rings is 1. The zero-order chi connectivity index (χ0) is 14.3. The van der Waals surface area contributed by atoms with Crippen molar-refractivity contribution in [3.05, 3.63) is 48.2 Å². The molecule has 1 saturated heterocycles. The summed E-state index contributed by atoms with van der Waals surface area (Å²) in [5.74, 6) is 1.08. The molecule has 1 aliphatic rings. The predicted octanol–water partition coefficient (Wildman–Crippen LogP) is 3.70. The molecule has 3 rings (SSSR count). The van der Waals surface area contributed by atoms with E-state index in [0.29, 0.717) is 0 Å². The summed E-state index contributed by atoms with van der Waals surface area (Å²) in [5, 5.41) is 0.975. The molecule has 0 amide bonds. The van der Waals surface area contributed by atoms with E-state index in [-0.39, 0.29) is 0 Å². The minimum absolute atomic E-state index is 0.874. The Balaban J connectivity index is 1.44. The molecule has 1 aliphatic heterocycles. The lowest BCUT2D eigenvalue weighted by Gasteiger charge is -2.26. The van der Waals surface area contributed by atoms with Crippen molar-refractivity contribution in [1.82, 2.24) is 4.90 Å². The van der Waals surface area contributed by atoms with Gasteiger partial charge in [0.05, 0.1) is 13.2 Å². The highest BCUT2D eigenvalue weighted by atomic mass is 32.2. The van der Waals surface area contributed by atoms with E-state index in [0.717, 1.165) is 56.5 Å². The van der Waals surface area contributed by atoms with Gasteiger partial charge in [0.15, 0.2) is 5.09 Å². The molecule has 0 unspecified atom stereocenters. The summed E-state index contributed by atoms with van der Waals surface area (Å²) in [6, 6.07) is 14.5. The Morgan fingerprint density at radius 3 is 2.62 bits per heavy atom. The van der Waals surface area contributed by atoms with Gasteiger partial charge in [0.25, 0.3) is 0 Å². The first-order valence-corrected chi connectivity index (χ1v) is 8.33. The van der Waals surface area contributed by atoms with Crippen molar-refractivity contribution >= 4 is 11.8 Å². The second kappa shape index (κ2) is 7.69. The van der Waals surface area contributed by atoms with Crippen LogP contribution in [0.25, 0.3) is 0 Å². The number of morpholine rings is 1. The van der Waals surface area contributed by atoms with Crippen LogP contribution in [0.3, 0.4) is 0 Å². The average Bonchev–Trinajstić information content (AvgIpc) is 2.97. The summed E-state index contributed by atoms with van der Waals surface area (Å²) >= 11 is 1.68. The van der Waals surface area contributed by atoms with E-state index in [4.69, 9.17) is 9.15 Å². The van der Waals surface area contributed by atoms with E-state index < -0.39 is 0 Å². The van der Waals surface area contributed by atoms with Crippen LogP contribution in [-0.2, 0) is 11.2 Å². The molecule has 0 N–H and O–H groups in total. The first-order valence-electron chi connectivity index (χ1n) is 7.52. The lowest BCUT2D eigenvalue weighted by atomic mass is 10.2. The SMILES string of the molecule is c1ccc(Sc2ccc(CCCN3CCOCC3)o2)cc1. The molecule has 2 heterocycles. The summed E-state index contributed by atoms with van der Waals surface area (Å²) in [5.41, 5.74) is 0. The molecule has 0 radical (unpaired) electrons. The van der Waals surface area contributed by atoms with Crippen molar-refractivity contribution in [2.45, 2.75) is 22.8 Å². The number of furan rings is 1. The van der Waals surface area contributed by atoms with Gasteiger partial charge in [0, 0.05) is 24.4 Å². The van der Waals surface area contributed by atoms with Crippen LogP contribution in [0, 0.1) is 0 Å². The second-order valence-corrected chi connectivity index (χ2v) is 6.27. The molecule has 0 bridgehead atoms. The number of hydrogen-bond donors (Lipinski definition) is 0. The molecular formula is C17H21NO2S. The topological polar surface area (TPSA) is 25.6 Å². The van der Waals surface area contributed by atoms with Crippen molar-refractivity contribution < 1.29 is 9.15 Å². The monoisotopic (exact) mass is 303 g/mol. The third-order valence-corrected chi connectivity index (χ3v) is 4.53. The van der Waals surface area contributed by atoms with Crippen LogP contribution in [0.5, 0.6) is 0 Å². The molecule has 1 aromatic heterocycles. The number of hydrogen-bond acceptors (Lipinski definition) is 4. The van der Waals surface area contributed by atoms with Gasteiger partial charge in [-0.05, 0) is 37.2 Å². The molecule has 3 nitrogen and oxygen atoms in total. The Morgan fingerprint density at radius 1 is 1.00 bits per heavy atom. The lowest BCUT2D eigenvalue weighted by molar-refractivity contribution is 0.0373. The molecule has 1 fully saturated rings. The summed E-state index contributed by atoms with van der Waals surface area (Å²) in [6.07, 6.45) is 2.15. The smallest absolute Gasteiger partial charge is 0.165 e. The standard InChI is InChI=1S/C17H21NO2S/c1-2-6-16(7-3-1)21-17-9-8-15(20-17)5-4-10-18-11-13-19-14-12-18/h1-3,6-9H,4-5,10-14H2. The highest BCUT2D eigenvalue weighted by Gasteiger charge is 2.10. The fourth-order valence-electron chi connectivity index (χ4n) is 2.45. The van der Waals surface area contributed by atoms with Gasteiger partial charge < -0.3 is 9.15 Å². The second-order valence-electron chi connectivity index (χ2n) is 5.19. The van der Waals surface area contributed by atoms with E-state index >= 15 is 0 Å². The zero-order valence-electron chi connectivity index (χ0n) is 12.2. The number of nitrogens with zero attached hydrogens (tertiary/aromatic N) is 1. The van der Waals surface area contributed by atoms with E-state index in [1.165, 1.54) is 4.90 Å². The van der Waals surface area contributed by atoms with Gasteiger partial charge in [-0.25, -0.2) is 0 Å². The molecule has 0 spiro atoms. The van der Waals surface area contributed by atoms with Crippen molar-refractivity contribution in [1.29, 1.82) is 0 Å².